The Morgan fingerprint density at radius 1 is 1.00 bits per heavy atom. The first-order valence-electron chi connectivity index (χ1n) is 5.55. The topological polar surface area (TPSA) is 26.0 Å². The molecule has 4 heteroatoms. The second-order valence-electron chi connectivity index (χ2n) is 4.01. The summed E-state index contributed by atoms with van der Waals surface area (Å²) in [5, 5.41) is 0. The van der Waals surface area contributed by atoms with Gasteiger partial charge >= 0.3 is 0 Å². The Bertz CT molecular complexity index is 555. The maximum absolute atomic E-state index is 5.87. The Labute approximate surface area is 128 Å². The third kappa shape index (κ3) is 3.38. The van der Waals surface area contributed by atoms with Crippen molar-refractivity contribution >= 4 is 43.6 Å². The summed E-state index contributed by atoms with van der Waals surface area (Å²) in [5.74, 6) is 0. The van der Waals surface area contributed by atoms with Crippen molar-refractivity contribution in [3.8, 4) is 0 Å². The van der Waals surface area contributed by atoms with Gasteiger partial charge in [0.25, 0.3) is 0 Å². The fraction of sp³-hybridized carbons (Fsp3) is 0.143. The van der Waals surface area contributed by atoms with Gasteiger partial charge in [-0.15, -0.1) is 0 Å². The molecule has 1 unspecified atom stereocenters. The SMILES string of the molecule is CC(N)c1ccc(Sc2ccccc2Br)c(Br)c1. The summed E-state index contributed by atoms with van der Waals surface area (Å²) in [7, 11) is 0. The first-order chi connectivity index (χ1) is 8.58. The highest BCUT2D eigenvalue weighted by Gasteiger charge is 2.07. The van der Waals surface area contributed by atoms with E-state index in [9.17, 15) is 0 Å². The summed E-state index contributed by atoms with van der Waals surface area (Å²) in [6, 6.07) is 14.5. The minimum atomic E-state index is 0.0591. The van der Waals surface area contributed by atoms with Crippen LogP contribution < -0.4 is 5.73 Å². The van der Waals surface area contributed by atoms with Crippen molar-refractivity contribution in [3.63, 3.8) is 0 Å². The molecule has 0 heterocycles. The summed E-state index contributed by atoms with van der Waals surface area (Å²) < 4.78 is 2.19. The number of nitrogens with two attached hydrogens (primary N) is 1. The molecule has 2 N–H and O–H groups in total. The van der Waals surface area contributed by atoms with Crippen LogP contribution >= 0.6 is 43.6 Å². The Balaban J connectivity index is 2.28. The quantitative estimate of drug-likeness (QED) is 0.765. The van der Waals surface area contributed by atoms with Gasteiger partial charge in [-0.3, -0.25) is 0 Å². The van der Waals surface area contributed by atoms with E-state index < -0.39 is 0 Å². The van der Waals surface area contributed by atoms with Gasteiger partial charge < -0.3 is 5.73 Å². The summed E-state index contributed by atoms with van der Waals surface area (Å²) in [6.07, 6.45) is 0. The molecule has 0 fully saturated rings. The third-order valence-corrected chi connectivity index (χ3v) is 5.56. The van der Waals surface area contributed by atoms with Crippen molar-refractivity contribution < 1.29 is 0 Å². The Hall–Kier alpha value is -0.290. The van der Waals surface area contributed by atoms with Gasteiger partial charge in [-0.25, -0.2) is 0 Å². The van der Waals surface area contributed by atoms with E-state index in [0.717, 1.165) is 14.5 Å². The molecule has 2 aromatic carbocycles. The van der Waals surface area contributed by atoms with Crippen molar-refractivity contribution in [1.29, 1.82) is 0 Å². The van der Waals surface area contributed by atoms with Crippen molar-refractivity contribution in [2.24, 2.45) is 5.73 Å². The van der Waals surface area contributed by atoms with Gasteiger partial charge in [0.2, 0.25) is 0 Å². The number of hydrogen-bond acceptors (Lipinski definition) is 2. The van der Waals surface area contributed by atoms with Crippen LogP contribution in [0.2, 0.25) is 0 Å². The zero-order chi connectivity index (χ0) is 13.1. The molecule has 0 amide bonds. The highest BCUT2D eigenvalue weighted by molar-refractivity contribution is 9.11. The third-order valence-electron chi connectivity index (χ3n) is 2.54. The summed E-state index contributed by atoms with van der Waals surface area (Å²) in [5.41, 5.74) is 7.01. The average Bonchev–Trinajstić information content (AvgIpc) is 2.34. The molecule has 0 saturated heterocycles. The van der Waals surface area contributed by atoms with Gasteiger partial charge in [-0.1, -0.05) is 30.0 Å². The van der Waals surface area contributed by atoms with E-state index in [2.05, 4.69) is 56.1 Å². The molecule has 2 rings (SSSR count). The van der Waals surface area contributed by atoms with Crippen LogP contribution in [0.3, 0.4) is 0 Å². The lowest BCUT2D eigenvalue weighted by molar-refractivity contribution is 0.815. The minimum Gasteiger partial charge on any atom is -0.324 e. The molecule has 0 saturated carbocycles. The lowest BCUT2D eigenvalue weighted by Gasteiger charge is -2.10. The largest absolute Gasteiger partial charge is 0.324 e. The molecule has 2 aromatic rings. The van der Waals surface area contributed by atoms with Crippen LogP contribution in [-0.4, -0.2) is 0 Å². The molecule has 18 heavy (non-hydrogen) atoms. The fourth-order valence-electron chi connectivity index (χ4n) is 1.53. The number of hydrogen-bond donors (Lipinski definition) is 1. The standard InChI is InChI=1S/C14H13Br2NS/c1-9(17)10-6-7-14(12(16)8-10)18-13-5-3-2-4-11(13)15/h2-9H,17H2,1H3. The van der Waals surface area contributed by atoms with E-state index in [1.54, 1.807) is 11.8 Å². The smallest absolute Gasteiger partial charge is 0.0318 e. The molecule has 94 valence electrons. The molecule has 1 nitrogen and oxygen atoms in total. The lowest BCUT2D eigenvalue weighted by Crippen LogP contribution is -2.04. The fourth-order valence-corrected chi connectivity index (χ4v) is 3.54. The molecule has 0 aliphatic heterocycles. The maximum Gasteiger partial charge on any atom is 0.0318 e. The van der Waals surface area contributed by atoms with Gasteiger partial charge in [-0.2, -0.15) is 0 Å². The lowest BCUT2D eigenvalue weighted by atomic mass is 10.1. The van der Waals surface area contributed by atoms with Gasteiger partial charge in [0.15, 0.2) is 0 Å². The predicted molar refractivity (Wildman–Crippen MR) is 85.0 cm³/mol. The van der Waals surface area contributed by atoms with Gasteiger partial charge in [0.05, 0.1) is 0 Å². The van der Waals surface area contributed by atoms with Crippen molar-refractivity contribution in [2.75, 3.05) is 0 Å². The number of rotatable bonds is 3. The Kier molecular flexibility index (Phi) is 4.90. The molecule has 0 aliphatic carbocycles. The molecule has 0 spiro atoms. The first-order valence-corrected chi connectivity index (χ1v) is 7.95. The second kappa shape index (κ2) is 6.24. The minimum absolute atomic E-state index is 0.0591. The van der Waals surface area contributed by atoms with Crippen LogP contribution in [0.1, 0.15) is 18.5 Å². The molecule has 0 radical (unpaired) electrons. The van der Waals surface area contributed by atoms with Crippen LogP contribution in [0.4, 0.5) is 0 Å². The van der Waals surface area contributed by atoms with E-state index in [0.29, 0.717) is 0 Å². The monoisotopic (exact) mass is 385 g/mol. The van der Waals surface area contributed by atoms with Crippen LogP contribution in [0.25, 0.3) is 0 Å². The Morgan fingerprint density at radius 3 is 2.28 bits per heavy atom. The van der Waals surface area contributed by atoms with Crippen molar-refractivity contribution in [1.82, 2.24) is 0 Å². The summed E-state index contributed by atoms with van der Waals surface area (Å²) >= 11 is 8.89. The molecule has 0 aromatic heterocycles. The zero-order valence-corrected chi connectivity index (χ0v) is 13.8. The van der Waals surface area contributed by atoms with E-state index >= 15 is 0 Å². The maximum atomic E-state index is 5.87. The van der Waals surface area contributed by atoms with E-state index in [-0.39, 0.29) is 6.04 Å². The van der Waals surface area contributed by atoms with Gasteiger partial charge in [0, 0.05) is 24.8 Å². The predicted octanol–water partition coefficient (Wildman–Crippen LogP) is 5.38. The van der Waals surface area contributed by atoms with Crippen molar-refractivity contribution in [3.05, 3.63) is 57.0 Å². The van der Waals surface area contributed by atoms with Gasteiger partial charge in [-0.05, 0) is 68.6 Å². The highest BCUT2D eigenvalue weighted by atomic mass is 79.9. The zero-order valence-electron chi connectivity index (χ0n) is 9.86. The van der Waals surface area contributed by atoms with Crippen molar-refractivity contribution in [2.45, 2.75) is 22.8 Å². The van der Waals surface area contributed by atoms with Crippen LogP contribution in [0, 0.1) is 0 Å². The highest BCUT2D eigenvalue weighted by Crippen LogP contribution is 2.37. The van der Waals surface area contributed by atoms with Crippen LogP contribution in [0.5, 0.6) is 0 Å². The molecule has 0 bridgehead atoms. The summed E-state index contributed by atoms with van der Waals surface area (Å²) in [4.78, 5) is 2.39. The van der Waals surface area contributed by atoms with Gasteiger partial charge in [0.1, 0.15) is 0 Å². The summed E-state index contributed by atoms with van der Waals surface area (Å²) in [6.45, 7) is 1.99. The number of benzene rings is 2. The molecular formula is C14H13Br2NS. The van der Waals surface area contributed by atoms with Crippen LogP contribution in [-0.2, 0) is 0 Å². The van der Waals surface area contributed by atoms with Crippen LogP contribution in [0.15, 0.2) is 61.2 Å². The van der Waals surface area contributed by atoms with E-state index in [1.807, 2.05) is 25.1 Å². The normalized spacial score (nSPS) is 12.4. The Morgan fingerprint density at radius 2 is 1.67 bits per heavy atom. The molecule has 1 atom stereocenters. The number of halogens is 2. The molecular weight excluding hydrogens is 374 g/mol. The van der Waals surface area contributed by atoms with E-state index in [4.69, 9.17) is 5.73 Å². The second-order valence-corrected chi connectivity index (χ2v) is 6.80. The van der Waals surface area contributed by atoms with E-state index in [1.165, 1.54) is 9.79 Å². The average molecular weight is 387 g/mol. The first kappa shape index (κ1) is 14.1. The molecule has 0 aliphatic rings.